The van der Waals surface area contributed by atoms with Gasteiger partial charge in [0.15, 0.2) is 0 Å². The van der Waals surface area contributed by atoms with Crippen LogP contribution in [-0.4, -0.2) is 20.6 Å². The zero-order valence-electron chi connectivity index (χ0n) is 14.2. The Morgan fingerprint density at radius 3 is 2.33 bits per heavy atom. The first-order valence-electron chi connectivity index (χ1n) is 7.54. The van der Waals surface area contributed by atoms with Crippen molar-refractivity contribution in [2.45, 2.75) is 39.2 Å². The maximum absolute atomic E-state index is 5.08. The van der Waals surface area contributed by atoms with Gasteiger partial charge < -0.3 is 30.1 Å². The van der Waals surface area contributed by atoms with Crippen LogP contribution in [0.2, 0.25) is 0 Å². The Morgan fingerprint density at radius 1 is 1.08 bits per heavy atom. The first-order valence-corrected chi connectivity index (χ1v) is 8.04. The molecule has 1 aliphatic carbocycles. The van der Waals surface area contributed by atoms with E-state index >= 15 is 0 Å². The van der Waals surface area contributed by atoms with Crippen molar-refractivity contribution in [1.82, 2.24) is 0 Å². The van der Waals surface area contributed by atoms with Gasteiger partial charge in [0.2, 0.25) is 0 Å². The van der Waals surface area contributed by atoms with E-state index in [1.165, 1.54) is 27.4 Å². The van der Waals surface area contributed by atoms with Gasteiger partial charge >= 0.3 is 26.2 Å². The molecule has 123 valence electrons. The van der Waals surface area contributed by atoms with Crippen molar-refractivity contribution < 1.29 is 51.0 Å². The van der Waals surface area contributed by atoms with E-state index < -0.39 is 0 Å². The van der Waals surface area contributed by atoms with E-state index in [1.807, 2.05) is 0 Å². The minimum atomic E-state index is -0.152. The second-order valence-corrected chi connectivity index (χ2v) is 6.75. The summed E-state index contributed by atoms with van der Waals surface area (Å²) in [6.45, 7) is 6.48. The number of halogens is 2. The number of rotatable bonds is 4. The summed E-state index contributed by atoms with van der Waals surface area (Å²) in [4.78, 5) is 0. The Balaban J connectivity index is 0.00000176. The molecular weight excluding hydrogens is 432 g/mol. The molecule has 0 spiro atoms. The summed E-state index contributed by atoms with van der Waals surface area (Å²) in [7, 11) is 3.70. The summed E-state index contributed by atoms with van der Waals surface area (Å²) >= 11 is 0. The zero-order chi connectivity index (χ0) is 15.0. The summed E-state index contributed by atoms with van der Waals surface area (Å²) in [6.07, 6.45) is 1.98. The Labute approximate surface area is 180 Å². The molecule has 24 heavy (non-hydrogen) atoms. The topological polar surface area (TPSA) is 14.1 Å². The summed E-state index contributed by atoms with van der Waals surface area (Å²) in [5.74, 6) is 0. The largest absolute Gasteiger partial charge is 3.00 e. The monoisotopic (exact) mass is 450 g/mol. The van der Waals surface area contributed by atoms with Gasteiger partial charge in [-0.1, -0.05) is 73.8 Å². The Kier molecular flexibility index (Phi) is 9.39. The first-order chi connectivity index (χ1) is 10.0. The van der Waals surface area contributed by atoms with Crippen LogP contribution in [0.4, 0.5) is 5.69 Å². The normalized spacial score (nSPS) is 13.1. The van der Waals surface area contributed by atoms with Crippen LogP contribution in [0.5, 0.6) is 0 Å². The van der Waals surface area contributed by atoms with Gasteiger partial charge in [0.25, 0.3) is 0 Å². The van der Waals surface area contributed by atoms with Gasteiger partial charge in [0.05, 0.1) is 0 Å². The SMILES string of the molecule is CCC(C)([N-]c1cccc2c1Cc1ccccc1-2)C(C)=[Si].[Cl-].[Cl-].[Zr+3]. The molecule has 0 saturated carbocycles. The fourth-order valence-electron chi connectivity index (χ4n) is 2.94. The number of nitrogens with zero attached hydrogens (tertiary/aromatic N) is 1. The third-order valence-electron chi connectivity index (χ3n) is 4.69. The van der Waals surface area contributed by atoms with Gasteiger partial charge in [0.1, 0.15) is 0 Å². The second kappa shape index (κ2) is 9.48. The molecular formula is C19H20Cl2NSiZr. The molecule has 0 saturated heterocycles. The van der Waals surface area contributed by atoms with Crippen molar-refractivity contribution in [2.24, 2.45) is 0 Å². The Bertz CT molecular complexity index is 720. The maximum atomic E-state index is 5.08. The summed E-state index contributed by atoms with van der Waals surface area (Å²) in [5, 5.41) is 6.26. The van der Waals surface area contributed by atoms with Crippen molar-refractivity contribution in [3.8, 4) is 11.1 Å². The molecule has 1 atom stereocenters. The quantitative estimate of drug-likeness (QED) is 0.442. The van der Waals surface area contributed by atoms with Crippen LogP contribution in [-0.2, 0) is 32.6 Å². The van der Waals surface area contributed by atoms with E-state index in [1.54, 1.807) is 0 Å². The van der Waals surface area contributed by atoms with Crippen molar-refractivity contribution in [3.63, 3.8) is 0 Å². The average molecular weight is 453 g/mol. The third kappa shape index (κ3) is 4.30. The molecule has 0 heterocycles. The minimum absolute atomic E-state index is 0. The van der Waals surface area contributed by atoms with Gasteiger partial charge in [0, 0.05) is 9.85 Å². The molecule has 0 aromatic heterocycles. The van der Waals surface area contributed by atoms with Crippen LogP contribution in [0.3, 0.4) is 0 Å². The standard InChI is InChI=1S/C19H20NSi.2ClH.Zr/c1-4-19(3,13(2)21)20-18-11-7-10-16-15-9-6-5-8-14(15)12-17(16)18;;;/h5-11H,4,12H2,1-3H3;2*1H;/q-1;;;+3/p-2. The van der Waals surface area contributed by atoms with Crippen molar-refractivity contribution in [2.75, 3.05) is 0 Å². The molecule has 0 fully saturated rings. The molecule has 2 aromatic carbocycles. The molecule has 0 aliphatic heterocycles. The first kappa shape index (κ1) is 23.8. The van der Waals surface area contributed by atoms with Gasteiger partial charge in [-0.25, -0.2) is 0 Å². The van der Waals surface area contributed by atoms with Crippen LogP contribution in [0.25, 0.3) is 16.4 Å². The Hall–Kier alpha value is -0.210. The molecule has 2 aromatic rings. The van der Waals surface area contributed by atoms with Crippen molar-refractivity contribution >= 4 is 20.7 Å². The third-order valence-corrected chi connectivity index (χ3v) is 5.23. The molecule has 0 N–H and O–H groups in total. The molecule has 0 amide bonds. The summed E-state index contributed by atoms with van der Waals surface area (Å²) in [5.41, 5.74) is 6.46. The summed E-state index contributed by atoms with van der Waals surface area (Å²) < 4.78 is 0. The van der Waals surface area contributed by atoms with E-state index in [0.717, 1.165) is 18.5 Å². The molecule has 5 heteroatoms. The van der Waals surface area contributed by atoms with Gasteiger partial charge in [-0.15, -0.1) is 10.9 Å². The molecule has 3 rings (SSSR count). The predicted octanol–water partition coefficient (Wildman–Crippen LogP) is -1.20. The molecule has 3 radical (unpaired) electrons. The number of hydrogen-bond acceptors (Lipinski definition) is 0. The fourth-order valence-corrected chi connectivity index (χ4v) is 3.17. The molecule has 1 nitrogen and oxygen atoms in total. The smallest absolute Gasteiger partial charge is 1.00 e. The maximum Gasteiger partial charge on any atom is 3.00 e. The van der Waals surface area contributed by atoms with Crippen LogP contribution in [0.15, 0.2) is 42.5 Å². The molecule has 1 unspecified atom stereocenters. The van der Waals surface area contributed by atoms with Crippen molar-refractivity contribution in [1.29, 1.82) is 0 Å². The zero-order valence-corrected chi connectivity index (χ0v) is 19.1. The number of benzene rings is 2. The van der Waals surface area contributed by atoms with E-state index in [2.05, 4.69) is 73.1 Å². The van der Waals surface area contributed by atoms with E-state index in [0.29, 0.717) is 0 Å². The van der Waals surface area contributed by atoms with Gasteiger partial charge in [-0.05, 0) is 30.0 Å². The van der Waals surface area contributed by atoms with E-state index in [-0.39, 0.29) is 56.6 Å². The predicted molar refractivity (Wildman–Crippen MR) is 92.8 cm³/mol. The van der Waals surface area contributed by atoms with E-state index in [9.17, 15) is 0 Å². The Morgan fingerprint density at radius 2 is 1.71 bits per heavy atom. The van der Waals surface area contributed by atoms with Gasteiger partial charge in [-0.2, -0.15) is 0 Å². The second-order valence-electron chi connectivity index (χ2n) is 6.00. The van der Waals surface area contributed by atoms with E-state index in [4.69, 9.17) is 5.32 Å². The molecule has 1 aliphatic rings. The van der Waals surface area contributed by atoms with Crippen LogP contribution >= 0.6 is 0 Å². The average Bonchev–Trinajstić information content (AvgIpc) is 2.87. The number of hydrogen-bond donors (Lipinski definition) is 0. The fraction of sp³-hybridized carbons (Fsp3) is 0.316. The van der Waals surface area contributed by atoms with Crippen LogP contribution < -0.4 is 24.8 Å². The van der Waals surface area contributed by atoms with Crippen LogP contribution in [0, 0.1) is 0 Å². The summed E-state index contributed by atoms with van der Waals surface area (Å²) in [6, 6.07) is 15.2. The van der Waals surface area contributed by atoms with Crippen molar-refractivity contribution in [3.05, 3.63) is 58.9 Å². The van der Waals surface area contributed by atoms with Gasteiger partial charge in [-0.3, -0.25) is 0 Å². The number of fused-ring (bicyclic) bond motifs is 3. The van der Waals surface area contributed by atoms with Crippen LogP contribution in [0.1, 0.15) is 38.3 Å². The minimum Gasteiger partial charge on any atom is -1.00 e. The molecule has 0 bridgehead atoms.